The smallest absolute Gasteiger partial charge is 0.478 e. The molecule has 252 valence electrons. The summed E-state index contributed by atoms with van der Waals surface area (Å²) < 4.78 is 66.6. The van der Waals surface area contributed by atoms with E-state index < -0.39 is 34.1 Å². The lowest BCUT2D eigenvalue weighted by Gasteiger charge is -2.16. The van der Waals surface area contributed by atoms with E-state index in [2.05, 4.69) is 4.72 Å². The van der Waals surface area contributed by atoms with Crippen molar-refractivity contribution in [3.63, 3.8) is 0 Å². The van der Waals surface area contributed by atoms with Crippen molar-refractivity contribution >= 4 is 50.2 Å². The molecule has 5 aromatic rings. The third-order valence-corrected chi connectivity index (χ3v) is 8.04. The van der Waals surface area contributed by atoms with Crippen LogP contribution in [0.5, 0.6) is 11.5 Å². The summed E-state index contributed by atoms with van der Waals surface area (Å²) >= 11 is 0. The lowest BCUT2D eigenvalue weighted by atomic mass is 9.98. The molecule has 0 saturated heterocycles. The molecule has 5 rings (SSSR count). The fourth-order valence-corrected chi connectivity index (χ4v) is 5.48. The molecule has 16 heteroatoms. The van der Waals surface area contributed by atoms with Gasteiger partial charge < -0.3 is 25.8 Å². The molecular weight excluding hydrogens is 671 g/mol. The van der Waals surface area contributed by atoms with E-state index in [9.17, 15) is 41.4 Å². The van der Waals surface area contributed by atoms with Crippen molar-refractivity contribution in [1.82, 2.24) is 0 Å². The summed E-state index contributed by atoms with van der Waals surface area (Å²) in [7, 11) is -4.19. The molecule has 5 aromatic carbocycles. The lowest BCUT2D eigenvalue weighted by molar-refractivity contribution is -0.192. The number of ether oxygens (including phenoxy) is 1. The summed E-state index contributed by atoms with van der Waals surface area (Å²) in [5.41, 5.74) is 6.67. The molecule has 0 aromatic heterocycles. The largest absolute Gasteiger partial charge is 0.490 e. The minimum absolute atomic E-state index is 0.0215. The average Bonchev–Trinajstić information content (AvgIpc) is 3.05. The number of amidine groups is 1. The van der Waals surface area contributed by atoms with Gasteiger partial charge in [-0.2, -0.15) is 13.2 Å². The molecule has 0 unspecified atom stereocenters. The summed E-state index contributed by atoms with van der Waals surface area (Å²) in [6.07, 6.45) is -5.08. The molecule has 0 aliphatic carbocycles. The molecule has 7 N–H and O–H groups in total. The van der Waals surface area contributed by atoms with Crippen LogP contribution in [0, 0.1) is 5.41 Å². The molecule has 0 atom stereocenters. The Bertz CT molecular complexity index is 2220. The van der Waals surface area contributed by atoms with Gasteiger partial charge in [0.1, 0.15) is 17.3 Å². The Kier molecular flexibility index (Phi) is 10.2. The predicted molar refractivity (Wildman–Crippen MR) is 172 cm³/mol. The number of fused-ring (bicyclic) bond motifs is 1. The number of rotatable bonds is 9. The number of sulfonamides is 1. The standard InChI is InChI=1S/C31H23N3O7S.C2HF3O2/c32-29(33)20-9-8-19-15-23(12-10-18(19)14-20)41-28-13-11-22(17-27(28)25-6-1-2-7-26(25)31(37)38)34-42(39,40)24-5-3-4-21(16-24)30(35)36;3-2(4,5)1(6)7/h1-17,34H,(H3,32,33)(H,35,36)(H,37,38);(H,6,7). The number of carboxylic acids is 3. The first-order chi connectivity index (χ1) is 23.0. The van der Waals surface area contributed by atoms with Gasteiger partial charge in [-0.05, 0) is 77.0 Å². The van der Waals surface area contributed by atoms with Gasteiger partial charge in [0, 0.05) is 16.8 Å². The molecule has 0 saturated carbocycles. The maximum atomic E-state index is 13.1. The summed E-state index contributed by atoms with van der Waals surface area (Å²) in [6, 6.07) is 26.2. The highest BCUT2D eigenvalue weighted by Gasteiger charge is 2.38. The number of carboxylic acid groups (broad SMARTS) is 3. The number of aliphatic carboxylic acids is 1. The first kappa shape index (κ1) is 35.4. The normalized spacial score (nSPS) is 11.2. The third-order valence-electron chi connectivity index (χ3n) is 6.66. The zero-order valence-corrected chi connectivity index (χ0v) is 25.5. The van der Waals surface area contributed by atoms with E-state index in [1.165, 1.54) is 42.5 Å². The molecule has 0 spiro atoms. The van der Waals surface area contributed by atoms with Crippen LogP contribution in [0.3, 0.4) is 0 Å². The number of benzene rings is 5. The third kappa shape index (κ3) is 8.69. The van der Waals surface area contributed by atoms with Crippen LogP contribution in [-0.2, 0) is 14.8 Å². The van der Waals surface area contributed by atoms with E-state index >= 15 is 0 Å². The molecule has 0 aliphatic heterocycles. The Balaban J connectivity index is 0.000000698. The number of hydrogen-bond acceptors (Lipinski definition) is 7. The van der Waals surface area contributed by atoms with Crippen LogP contribution in [0.1, 0.15) is 26.3 Å². The van der Waals surface area contributed by atoms with Crippen LogP contribution < -0.4 is 15.2 Å². The fourth-order valence-electron chi connectivity index (χ4n) is 4.39. The van der Waals surface area contributed by atoms with Crippen LogP contribution in [-0.4, -0.2) is 53.7 Å². The predicted octanol–water partition coefficient (Wildman–Crippen LogP) is 6.41. The molecular formula is C33H24F3N3O9S. The fraction of sp³-hybridized carbons (Fsp3) is 0.0303. The second-order valence-electron chi connectivity index (χ2n) is 10.0. The van der Waals surface area contributed by atoms with E-state index in [-0.39, 0.29) is 33.3 Å². The zero-order valence-electron chi connectivity index (χ0n) is 24.7. The molecule has 0 amide bonds. The average molecular weight is 696 g/mol. The number of hydrogen-bond donors (Lipinski definition) is 6. The molecule has 0 fully saturated rings. The molecule has 49 heavy (non-hydrogen) atoms. The highest BCUT2D eigenvalue weighted by Crippen LogP contribution is 2.38. The maximum Gasteiger partial charge on any atom is 0.490 e. The highest BCUT2D eigenvalue weighted by atomic mass is 32.2. The van der Waals surface area contributed by atoms with Crippen LogP contribution >= 0.6 is 0 Å². The summed E-state index contributed by atoms with van der Waals surface area (Å²) in [6.45, 7) is 0. The van der Waals surface area contributed by atoms with Gasteiger partial charge in [0.2, 0.25) is 0 Å². The molecule has 0 heterocycles. The van der Waals surface area contributed by atoms with Crippen molar-refractivity contribution < 1.29 is 56.0 Å². The van der Waals surface area contributed by atoms with Crippen molar-refractivity contribution in [2.45, 2.75) is 11.1 Å². The maximum absolute atomic E-state index is 13.1. The second kappa shape index (κ2) is 14.1. The van der Waals surface area contributed by atoms with Gasteiger partial charge in [0.25, 0.3) is 10.0 Å². The Hall–Kier alpha value is -6.42. The van der Waals surface area contributed by atoms with Crippen LogP contribution in [0.2, 0.25) is 0 Å². The quantitative estimate of drug-likeness (QED) is 0.0735. The Morgan fingerprint density at radius 1 is 0.735 bits per heavy atom. The number of halogens is 3. The van der Waals surface area contributed by atoms with Gasteiger partial charge in [-0.1, -0.05) is 42.5 Å². The summed E-state index contributed by atoms with van der Waals surface area (Å²) in [5, 5.41) is 35.5. The van der Waals surface area contributed by atoms with Crippen molar-refractivity contribution in [2.24, 2.45) is 5.73 Å². The van der Waals surface area contributed by atoms with E-state index in [0.29, 0.717) is 22.4 Å². The van der Waals surface area contributed by atoms with E-state index in [0.717, 1.165) is 16.8 Å². The van der Waals surface area contributed by atoms with Gasteiger partial charge >= 0.3 is 24.1 Å². The van der Waals surface area contributed by atoms with Crippen molar-refractivity contribution in [3.05, 3.63) is 120 Å². The van der Waals surface area contributed by atoms with Gasteiger partial charge in [-0.15, -0.1) is 0 Å². The summed E-state index contributed by atoms with van der Waals surface area (Å²) in [4.78, 5) is 32.0. The molecule has 12 nitrogen and oxygen atoms in total. The first-order valence-corrected chi connectivity index (χ1v) is 15.1. The number of nitrogens with two attached hydrogens (primary N) is 1. The number of carbonyl (C=O) groups is 3. The first-order valence-electron chi connectivity index (χ1n) is 13.7. The highest BCUT2D eigenvalue weighted by molar-refractivity contribution is 7.92. The Labute approximate surface area is 275 Å². The number of aromatic carboxylic acids is 2. The van der Waals surface area contributed by atoms with Gasteiger partial charge in [0.15, 0.2) is 0 Å². The second-order valence-corrected chi connectivity index (χ2v) is 11.7. The molecule has 0 radical (unpaired) electrons. The van der Waals surface area contributed by atoms with Gasteiger partial charge in [-0.25, -0.2) is 22.8 Å². The molecule has 0 bridgehead atoms. The summed E-state index contributed by atoms with van der Waals surface area (Å²) in [5.74, 6) is -4.56. The SMILES string of the molecule is N=C(N)c1ccc2cc(Oc3ccc(NS(=O)(=O)c4cccc(C(=O)O)c4)cc3-c3ccccc3C(=O)O)ccc2c1.O=C(O)C(F)(F)F. The van der Waals surface area contributed by atoms with Crippen LogP contribution in [0.4, 0.5) is 18.9 Å². The topological polar surface area (TPSA) is 217 Å². The molecule has 0 aliphatic rings. The number of anilines is 1. The lowest BCUT2D eigenvalue weighted by Crippen LogP contribution is -2.21. The van der Waals surface area contributed by atoms with E-state index in [1.807, 2.05) is 0 Å². The van der Waals surface area contributed by atoms with Gasteiger partial charge in [0.05, 0.1) is 16.0 Å². The van der Waals surface area contributed by atoms with Gasteiger partial charge in [-0.3, -0.25) is 10.1 Å². The number of nitrogens with one attached hydrogen (secondary N) is 2. The van der Waals surface area contributed by atoms with Crippen LogP contribution in [0.25, 0.3) is 21.9 Å². The number of nitrogen functional groups attached to an aromatic ring is 1. The van der Waals surface area contributed by atoms with Crippen molar-refractivity contribution in [2.75, 3.05) is 4.72 Å². The Morgan fingerprint density at radius 2 is 1.39 bits per heavy atom. The number of alkyl halides is 3. The van der Waals surface area contributed by atoms with E-state index in [1.54, 1.807) is 54.6 Å². The monoisotopic (exact) mass is 695 g/mol. The Morgan fingerprint density at radius 3 is 2.02 bits per heavy atom. The van der Waals surface area contributed by atoms with Crippen LogP contribution in [0.15, 0.2) is 108 Å². The minimum atomic E-state index is -5.08. The minimum Gasteiger partial charge on any atom is -0.478 e. The zero-order chi connectivity index (χ0) is 36.1. The van der Waals surface area contributed by atoms with E-state index in [4.69, 9.17) is 25.8 Å². The van der Waals surface area contributed by atoms with Crippen molar-refractivity contribution in [1.29, 1.82) is 5.41 Å². The van der Waals surface area contributed by atoms with Crippen molar-refractivity contribution in [3.8, 4) is 22.6 Å².